The van der Waals surface area contributed by atoms with Crippen LogP contribution < -0.4 is 4.74 Å². The van der Waals surface area contributed by atoms with Gasteiger partial charge in [-0.05, 0) is 37.3 Å². The second-order valence-electron chi connectivity index (χ2n) is 5.48. The molecule has 0 saturated carbocycles. The Balaban J connectivity index is 2.13. The van der Waals surface area contributed by atoms with Crippen LogP contribution in [-0.2, 0) is 11.2 Å². The van der Waals surface area contributed by atoms with E-state index in [-0.39, 0.29) is 5.97 Å². The summed E-state index contributed by atoms with van der Waals surface area (Å²) in [4.78, 5) is 20.6. The van der Waals surface area contributed by atoms with E-state index < -0.39 is 0 Å². The molecule has 0 unspecified atom stereocenters. The topological polar surface area (TPSA) is 61.3 Å². The molecular weight excluding hydrogens is 336 g/mol. The molecule has 0 aliphatic carbocycles. The van der Waals surface area contributed by atoms with E-state index >= 15 is 0 Å². The first-order chi connectivity index (χ1) is 12.2. The zero-order valence-corrected chi connectivity index (χ0v) is 15.8. The predicted molar refractivity (Wildman–Crippen MR) is 99.4 cm³/mol. The minimum Gasteiger partial charge on any atom is -0.477 e. The van der Waals surface area contributed by atoms with Crippen molar-refractivity contribution in [2.24, 2.45) is 0 Å². The Labute approximate surface area is 153 Å². The van der Waals surface area contributed by atoms with Gasteiger partial charge < -0.3 is 9.47 Å². The molecule has 0 fully saturated rings. The lowest BCUT2D eigenvalue weighted by molar-refractivity contribution is 0.0526. The Morgan fingerprint density at radius 3 is 2.60 bits per heavy atom. The van der Waals surface area contributed by atoms with Crippen LogP contribution in [0.15, 0.2) is 35.6 Å². The summed E-state index contributed by atoms with van der Waals surface area (Å²) in [7, 11) is 0. The third kappa shape index (κ3) is 5.74. The number of nitrogens with zero attached hydrogens (tertiary/aromatic N) is 2. The number of aromatic nitrogens is 2. The quantitative estimate of drug-likeness (QED) is 0.290. The number of esters is 1. The van der Waals surface area contributed by atoms with E-state index in [1.54, 1.807) is 19.1 Å². The zero-order chi connectivity index (χ0) is 18.1. The maximum Gasteiger partial charge on any atom is 0.338 e. The zero-order valence-electron chi connectivity index (χ0n) is 14.9. The molecular formula is C19H24N2O3S. The highest BCUT2D eigenvalue weighted by atomic mass is 32.2. The fraction of sp³-hybridized carbons (Fsp3) is 0.421. The normalized spacial score (nSPS) is 10.5. The second kappa shape index (κ2) is 10.0. The highest BCUT2D eigenvalue weighted by Gasteiger charge is 2.11. The largest absolute Gasteiger partial charge is 0.477 e. The molecule has 0 spiro atoms. The second-order valence-corrected chi connectivity index (χ2v) is 6.26. The van der Waals surface area contributed by atoms with E-state index in [9.17, 15) is 4.79 Å². The average molecular weight is 360 g/mol. The Bertz CT molecular complexity index is 690. The molecule has 0 saturated heterocycles. The fourth-order valence-electron chi connectivity index (χ4n) is 2.23. The van der Waals surface area contributed by atoms with Crippen LogP contribution in [-0.4, -0.2) is 35.4 Å². The smallest absolute Gasteiger partial charge is 0.338 e. The monoisotopic (exact) mass is 360 g/mol. The van der Waals surface area contributed by atoms with E-state index in [2.05, 4.69) is 16.9 Å². The molecule has 2 rings (SSSR count). The van der Waals surface area contributed by atoms with Crippen LogP contribution in [0.2, 0.25) is 0 Å². The molecule has 134 valence electrons. The number of rotatable bonds is 9. The summed E-state index contributed by atoms with van der Waals surface area (Å²) in [6.45, 7) is 4.95. The number of thioether (sulfide) groups is 1. The summed E-state index contributed by atoms with van der Waals surface area (Å²) in [6.07, 6.45) is 6.48. The van der Waals surface area contributed by atoms with E-state index in [0.29, 0.717) is 36.2 Å². The molecule has 25 heavy (non-hydrogen) atoms. The number of carbonyl (C=O) groups excluding carboxylic acids is 1. The summed E-state index contributed by atoms with van der Waals surface area (Å²) in [6, 6.07) is 7.40. The van der Waals surface area contributed by atoms with Gasteiger partial charge in [0.05, 0.1) is 18.8 Å². The molecule has 2 aromatic rings. The minimum absolute atomic E-state index is 0.301. The van der Waals surface area contributed by atoms with Crippen LogP contribution >= 0.6 is 11.8 Å². The van der Waals surface area contributed by atoms with Gasteiger partial charge >= 0.3 is 5.97 Å². The van der Waals surface area contributed by atoms with Crippen LogP contribution in [0.3, 0.4) is 0 Å². The number of carbonyl (C=O) groups is 1. The molecule has 0 aliphatic heterocycles. The predicted octanol–water partition coefficient (Wildman–Crippen LogP) is 4.14. The molecule has 0 bridgehead atoms. The molecule has 0 radical (unpaired) electrons. The number of benzene rings is 1. The van der Waals surface area contributed by atoms with Crippen LogP contribution in [0.4, 0.5) is 0 Å². The summed E-state index contributed by atoms with van der Waals surface area (Å²) < 4.78 is 10.9. The van der Waals surface area contributed by atoms with E-state index in [1.165, 1.54) is 11.8 Å². The third-order valence-corrected chi connectivity index (χ3v) is 4.14. The lowest BCUT2D eigenvalue weighted by Gasteiger charge is -2.11. The molecule has 6 heteroatoms. The molecule has 1 heterocycles. The van der Waals surface area contributed by atoms with Crippen molar-refractivity contribution in [1.29, 1.82) is 0 Å². The first kappa shape index (κ1) is 19.2. The van der Waals surface area contributed by atoms with Crippen molar-refractivity contribution in [3.05, 3.63) is 47.2 Å². The van der Waals surface area contributed by atoms with Gasteiger partial charge in [0, 0.05) is 18.2 Å². The van der Waals surface area contributed by atoms with Gasteiger partial charge in [0.1, 0.15) is 0 Å². The lowest BCUT2D eigenvalue weighted by atomic mass is 10.1. The van der Waals surface area contributed by atoms with Crippen molar-refractivity contribution >= 4 is 17.7 Å². The van der Waals surface area contributed by atoms with Crippen LogP contribution in [0, 0.1) is 0 Å². The molecule has 0 atom stereocenters. The molecule has 0 amide bonds. The standard InChI is InChI=1S/C19H24N2O3S/c1-4-6-11-24-17-16(13-20-19(21-17)25-3)12-14-7-9-15(10-8-14)18(22)23-5-2/h7-10,13H,4-6,11-12H2,1-3H3. The lowest BCUT2D eigenvalue weighted by Crippen LogP contribution is -2.06. The first-order valence-electron chi connectivity index (χ1n) is 8.46. The highest BCUT2D eigenvalue weighted by molar-refractivity contribution is 7.98. The van der Waals surface area contributed by atoms with Crippen molar-refractivity contribution in [1.82, 2.24) is 9.97 Å². The Morgan fingerprint density at radius 1 is 1.20 bits per heavy atom. The maximum atomic E-state index is 11.7. The number of unbranched alkanes of at least 4 members (excludes halogenated alkanes) is 1. The molecule has 0 aliphatic rings. The van der Waals surface area contributed by atoms with Crippen LogP contribution in [0.5, 0.6) is 5.88 Å². The van der Waals surface area contributed by atoms with Gasteiger partial charge in [0.25, 0.3) is 0 Å². The van der Waals surface area contributed by atoms with Gasteiger partial charge in [0.15, 0.2) is 5.16 Å². The van der Waals surface area contributed by atoms with Crippen molar-refractivity contribution < 1.29 is 14.3 Å². The fourth-order valence-corrected chi connectivity index (χ4v) is 2.56. The molecule has 1 aromatic heterocycles. The Morgan fingerprint density at radius 2 is 1.96 bits per heavy atom. The third-order valence-electron chi connectivity index (χ3n) is 3.58. The number of ether oxygens (including phenoxy) is 2. The van der Waals surface area contributed by atoms with Gasteiger partial charge in [0.2, 0.25) is 5.88 Å². The van der Waals surface area contributed by atoms with Crippen molar-refractivity contribution in [2.75, 3.05) is 19.5 Å². The summed E-state index contributed by atoms with van der Waals surface area (Å²) in [5.74, 6) is 0.340. The summed E-state index contributed by atoms with van der Waals surface area (Å²) >= 11 is 1.49. The van der Waals surface area contributed by atoms with E-state index in [0.717, 1.165) is 24.0 Å². The molecule has 0 N–H and O–H groups in total. The van der Waals surface area contributed by atoms with E-state index in [4.69, 9.17) is 9.47 Å². The van der Waals surface area contributed by atoms with Gasteiger partial charge in [-0.3, -0.25) is 0 Å². The first-order valence-corrected chi connectivity index (χ1v) is 9.69. The van der Waals surface area contributed by atoms with Crippen molar-refractivity contribution in [2.45, 2.75) is 38.3 Å². The van der Waals surface area contributed by atoms with Gasteiger partial charge in [-0.1, -0.05) is 37.2 Å². The van der Waals surface area contributed by atoms with Gasteiger partial charge in [-0.25, -0.2) is 9.78 Å². The Hall–Kier alpha value is -2.08. The summed E-state index contributed by atoms with van der Waals surface area (Å²) in [5.41, 5.74) is 2.56. The van der Waals surface area contributed by atoms with Gasteiger partial charge in [-0.2, -0.15) is 4.98 Å². The van der Waals surface area contributed by atoms with Crippen molar-refractivity contribution in [3.8, 4) is 5.88 Å². The van der Waals surface area contributed by atoms with Crippen LogP contribution in [0.25, 0.3) is 0 Å². The number of hydrogen-bond acceptors (Lipinski definition) is 6. The molecule has 5 nitrogen and oxygen atoms in total. The van der Waals surface area contributed by atoms with Crippen LogP contribution in [0.1, 0.15) is 48.2 Å². The maximum absolute atomic E-state index is 11.7. The molecule has 1 aromatic carbocycles. The SMILES string of the molecule is CCCCOc1nc(SC)ncc1Cc1ccc(C(=O)OCC)cc1. The minimum atomic E-state index is -0.301. The van der Waals surface area contributed by atoms with Gasteiger partial charge in [-0.15, -0.1) is 0 Å². The summed E-state index contributed by atoms with van der Waals surface area (Å²) in [5, 5.41) is 0.702. The van der Waals surface area contributed by atoms with E-state index in [1.807, 2.05) is 24.6 Å². The highest BCUT2D eigenvalue weighted by Crippen LogP contribution is 2.22. The Kier molecular flexibility index (Phi) is 7.73. The van der Waals surface area contributed by atoms with Crippen molar-refractivity contribution in [3.63, 3.8) is 0 Å². The number of hydrogen-bond donors (Lipinski definition) is 0. The average Bonchev–Trinajstić information content (AvgIpc) is 2.64.